The van der Waals surface area contributed by atoms with Gasteiger partial charge in [-0.25, -0.2) is 0 Å². The highest BCUT2D eigenvalue weighted by molar-refractivity contribution is 6.11. The van der Waals surface area contributed by atoms with Gasteiger partial charge in [0.15, 0.2) is 17.3 Å². The number of aromatic hydroxyl groups is 1. The molecule has 2 aromatic carbocycles. The van der Waals surface area contributed by atoms with E-state index >= 15 is 0 Å². The molecule has 27 heavy (non-hydrogen) atoms. The van der Waals surface area contributed by atoms with E-state index in [-0.39, 0.29) is 11.5 Å². The Hall–Kier alpha value is -3.21. The lowest BCUT2D eigenvalue weighted by Gasteiger charge is -2.30. The fourth-order valence-electron chi connectivity index (χ4n) is 2.88. The van der Waals surface area contributed by atoms with Crippen molar-refractivity contribution >= 4 is 17.9 Å². The Kier molecular flexibility index (Phi) is 4.95. The quantitative estimate of drug-likeness (QED) is 0.624. The first kappa shape index (κ1) is 18.6. The lowest BCUT2D eigenvalue weighted by Crippen LogP contribution is -2.28. The van der Waals surface area contributed by atoms with Gasteiger partial charge >= 0.3 is 0 Å². The second-order valence-corrected chi connectivity index (χ2v) is 6.73. The van der Waals surface area contributed by atoms with Crippen LogP contribution in [-0.2, 0) is 0 Å². The van der Waals surface area contributed by atoms with Crippen molar-refractivity contribution in [3.8, 4) is 23.0 Å². The first-order chi connectivity index (χ1) is 12.8. The van der Waals surface area contributed by atoms with Gasteiger partial charge in [-0.1, -0.05) is 24.3 Å². The monoisotopic (exact) mass is 366 g/mol. The number of rotatable bonds is 5. The SMILES string of the molecule is COc1cc2c(c(OC)c1C(=O)/C=C/c1ccc(O)cc1)OC(C)(C)C=C2. The molecule has 1 heterocycles. The summed E-state index contributed by atoms with van der Waals surface area (Å²) in [7, 11) is 3.02. The molecular weight excluding hydrogens is 344 g/mol. The molecule has 0 amide bonds. The number of benzene rings is 2. The normalized spacial score (nSPS) is 14.5. The van der Waals surface area contributed by atoms with Crippen LogP contribution in [0.25, 0.3) is 12.2 Å². The van der Waals surface area contributed by atoms with Crippen molar-refractivity contribution in [3.63, 3.8) is 0 Å². The predicted octanol–water partition coefficient (Wildman–Crippen LogP) is 4.49. The van der Waals surface area contributed by atoms with E-state index in [2.05, 4.69) is 0 Å². The zero-order valence-electron chi connectivity index (χ0n) is 15.8. The third kappa shape index (κ3) is 3.82. The van der Waals surface area contributed by atoms with E-state index in [0.717, 1.165) is 11.1 Å². The molecule has 0 unspecified atom stereocenters. The molecule has 5 nitrogen and oxygen atoms in total. The van der Waals surface area contributed by atoms with Gasteiger partial charge in [-0.05, 0) is 49.8 Å². The largest absolute Gasteiger partial charge is 0.508 e. The van der Waals surface area contributed by atoms with Gasteiger partial charge in [0.05, 0.1) is 14.2 Å². The molecule has 0 radical (unpaired) electrons. The number of allylic oxidation sites excluding steroid dienone is 1. The molecule has 2 aromatic rings. The molecule has 0 atom stereocenters. The van der Waals surface area contributed by atoms with Crippen LogP contribution in [0.3, 0.4) is 0 Å². The maximum absolute atomic E-state index is 12.9. The van der Waals surface area contributed by atoms with Gasteiger partial charge in [-0.3, -0.25) is 4.79 Å². The zero-order chi connectivity index (χ0) is 19.6. The molecule has 1 N–H and O–H groups in total. The second kappa shape index (κ2) is 7.19. The van der Waals surface area contributed by atoms with Crippen molar-refractivity contribution in [2.45, 2.75) is 19.4 Å². The molecule has 140 valence electrons. The van der Waals surface area contributed by atoms with Crippen LogP contribution in [0.2, 0.25) is 0 Å². The Morgan fingerprint density at radius 3 is 2.48 bits per heavy atom. The van der Waals surface area contributed by atoms with E-state index in [1.54, 1.807) is 36.4 Å². The number of ketones is 1. The molecule has 1 aliphatic rings. The minimum atomic E-state index is -0.503. The van der Waals surface area contributed by atoms with Crippen molar-refractivity contribution in [2.24, 2.45) is 0 Å². The summed E-state index contributed by atoms with van der Waals surface area (Å²) in [6.07, 6.45) is 7.00. The third-order valence-corrected chi connectivity index (χ3v) is 4.25. The van der Waals surface area contributed by atoms with Gasteiger partial charge in [0.25, 0.3) is 0 Å². The van der Waals surface area contributed by atoms with Crippen molar-refractivity contribution in [1.82, 2.24) is 0 Å². The highest BCUT2D eigenvalue weighted by atomic mass is 16.5. The predicted molar refractivity (Wildman–Crippen MR) is 105 cm³/mol. The number of carbonyl (C=O) groups is 1. The van der Waals surface area contributed by atoms with E-state index in [1.165, 1.54) is 20.3 Å². The smallest absolute Gasteiger partial charge is 0.193 e. The van der Waals surface area contributed by atoms with E-state index in [4.69, 9.17) is 14.2 Å². The molecule has 5 heteroatoms. The summed E-state index contributed by atoms with van der Waals surface area (Å²) in [4.78, 5) is 12.9. The van der Waals surface area contributed by atoms with E-state index < -0.39 is 5.60 Å². The van der Waals surface area contributed by atoms with Crippen LogP contribution in [-0.4, -0.2) is 30.7 Å². The number of phenolic OH excluding ortho intramolecular Hbond substituents is 1. The fraction of sp³-hybridized carbons (Fsp3) is 0.227. The summed E-state index contributed by atoms with van der Waals surface area (Å²) >= 11 is 0. The Morgan fingerprint density at radius 1 is 1.15 bits per heavy atom. The van der Waals surface area contributed by atoms with Gasteiger partial charge in [-0.15, -0.1) is 0 Å². The summed E-state index contributed by atoms with van der Waals surface area (Å²) in [5.41, 5.74) is 1.39. The molecular formula is C22H22O5. The van der Waals surface area contributed by atoms with Crippen LogP contribution >= 0.6 is 0 Å². The van der Waals surface area contributed by atoms with Gasteiger partial charge in [-0.2, -0.15) is 0 Å². The van der Waals surface area contributed by atoms with Crippen molar-refractivity contribution in [2.75, 3.05) is 14.2 Å². The molecule has 3 rings (SSSR count). The summed E-state index contributed by atoms with van der Waals surface area (Å²) in [5.74, 6) is 1.19. The average molecular weight is 366 g/mol. The van der Waals surface area contributed by atoms with Gasteiger partial charge in [0.1, 0.15) is 22.7 Å². The summed E-state index contributed by atoms with van der Waals surface area (Å²) in [5, 5.41) is 9.36. The topological polar surface area (TPSA) is 65.0 Å². The zero-order valence-corrected chi connectivity index (χ0v) is 15.8. The molecule has 1 aliphatic heterocycles. The van der Waals surface area contributed by atoms with Crippen molar-refractivity contribution in [3.05, 3.63) is 59.2 Å². The maximum Gasteiger partial charge on any atom is 0.193 e. The number of fused-ring (bicyclic) bond motifs is 1. The maximum atomic E-state index is 12.9. The number of methoxy groups -OCH3 is 2. The van der Waals surface area contributed by atoms with Crippen LogP contribution in [0.1, 0.15) is 35.3 Å². The lowest BCUT2D eigenvalue weighted by molar-refractivity contribution is 0.103. The minimum absolute atomic E-state index is 0.171. The third-order valence-electron chi connectivity index (χ3n) is 4.25. The van der Waals surface area contributed by atoms with Crippen LogP contribution in [0.5, 0.6) is 23.0 Å². The van der Waals surface area contributed by atoms with Gasteiger partial charge in [0.2, 0.25) is 0 Å². The average Bonchev–Trinajstić information content (AvgIpc) is 2.65. The van der Waals surface area contributed by atoms with Crippen molar-refractivity contribution in [1.29, 1.82) is 0 Å². The number of ether oxygens (including phenoxy) is 3. The number of hydrogen-bond acceptors (Lipinski definition) is 5. The van der Waals surface area contributed by atoms with Crippen LogP contribution in [0.15, 0.2) is 42.5 Å². The summed E-state index contributed by atoms with van der Waals surface area (Å²) in [6.45, 7) is 3.87. The highest BCUT2D eigenvalue weighted by Gasteiger charge is 2.30. The van der Waals surface area contributed by atoms with Crippen molar-refractivity contribution < 1.29 is 24.1 Å². The molecule has 0 saturated carbocycles. The standard InChI is InChI=1S/C22H22O5/c1-22(2)12-11-15-13-18(25-3)19(21(26-4)20(15)27-22)17(24)10-7-14-5-8-16(23)9-6-14/h5-13,23H,1-4H3/b10-7+. The summed E-state index contributed by atoms with van der Waals surface area (Å²) < 4.78 is 17.0. The number of hydrogen-bond donors (Lipinski definition) is 1. The molecule has 0 spiro atoms. The number of carbonyl (C=O) groups excluding carboxylic acids is 1. The van der Waals surface area contributed by atoms with E-state index in [9.17, 15) is 9.90 Å². The van der Waals surface area contributed by atoms with Gasteiger partial charge in [0, 0.05) is 5.56 Å². The molecule has 0 saturated heterocycles. The minimum Gasteiger partial charge on any atom is -0.508 e. The Bertz CT molecular complexity index is 921. The van der Waals surface area contributed by atoms with E-state index in [0.29, 0.717) is 22.8 Å². The fourth-order valence-corrected chi connectivity index (χ4v) is 2.88. The van der Waals surface area contributed by atoms with Gasteiger partial charge < -0.3 is 19.3 Å². The Balaban J connectivity index is 2.05. The summed E-state index contributed by atoms with van der Waals surface area (Å²) in [6, 6.07) is 8.33. The first-order valence-corrected chi connectivity index (χ1v) is 8.53. The highest BCUT2D eigenvalue weighted by Crippen LogP contribution is 2.45. The molecule has 0 aliphatic carbocycles. The first-order valence-electron chi connectivity index (χ1n) is 8.53. The van der Waals surface area contributed by atoms with Crippen LogP contribution < -0.4 is 14.2 Å². The molecule has 0 aromatic heterocycles. The van der Waals surface area contributed by atoms with E-state index in [1.807, 2.05) is 26.0 Å². The van der Waals surface area contributed by atoms with Crippen LogP contribution in [0, 0.1) is 0 Å². The van der Waals surface area contributed by atoms with Crippen LogP contribution in [0.4, 0.5) is 0 Å². The number of phenols is 1. The molecule has 0 fully saturated rings. The second-order valence-electron chi connectivity index (χ2n) is 6.73. The molecule has 0 bridgehead atoms. The lowest BCUT2D eigenvalue weighted by atomic mass is 9.97. The Labute approximate surface area is 158 Å². The Morgan fingerprint density at radius 2 is 1.85 bits per heavy atom.